The molecule has 0 saturated heterocycles. The van der Waals surface area contributed by atoms with Gasteiger partial charge in [-0.05, 0) is 48.4 Å². The van der Waals surface area contributed by atoms with E-state index in [1.54, 1.807) is 48.5 Å². The van der Waals surface area contributed by atoms with E-state index >= 15 is 0 Å². The summed E-state index contributed by atoms with van der Waals surface area (Å²) in [5.74, 6) is -0.417. The summed E-state index contributed by atoms with van der Waals surface area (Å²) in [5, 5.41) is 3.08. The number of carbonyl (C=O) groups excluding carboxylic acids is 2. The van der Waals surface area contributed by atoms with E-state index < -0.39 is 34.4 Å². The molecule has 0 saturated carbocycles. The lowest BCUT2D eigenvalue weighted by molar-refractivity contribution is -0.139. The second kappa shape index (κ2) is 15.0. The fourth-order valence-corrected chi connectivity index (χ4v) is 6.50. The summed E-state index contributed by atoms with van der Waals surface area (Å²) in [6, 6.07) is 26.4. The number of nitrogens with zero attached hydrogens (tertiary/aromatic N) is 2. The quantitative estimate of drug-likeness (QED) is 0.212. The Morgan fingerprint density at radius 2 is 1.51 bits per heavy atom. The number of rotatable bonds is 13. The Kier molecular flexibility index (Phi) is 11.1. The lowest BCUT2D eigenvalue weighted by Gasteiger charge is -2.33. The molecule has 0 spiro atoms. The second-order valence-corrected chi connectivity index (χ2v) is 12.6. The van der Waals surface area contributed by atoms with Crippen LogP contribution in [-0.2, 0) is 32.6 Å². The SMILES string of the molecule is CNC(=O)[C@H](Cc1ccccc1)N(Cc1ccccc1Cl)C(=O)CN(c1ccc(C)cc1)S(=O)(=O)c1ccc(OC)c(OC)c1. The predicted octanol–water partition coefficient (Wildman–Crippen LogP) is 5.25. The van der Waals surface area contributed by atoms with E-state index in [-0.39, 0.29) is 29.3 Å². The number of halogens is 1. The number of amides is 2. The van der Waals surface area contributed by atoms with Crippen molar-refractivity contribution in [3.05, 3.63) is 119 Å². The third-order valence-electron chi connectivity index (χ3n) is 7.36. The Balaban J connectivity index is 1.81. The highest BCUT2D eigenvalue weighted by atomic mass is 35.5. The van der Waals surface area contributed by atoms with E-state index in [2.05, 4.69) is 5.32 Å². The molecular formula is C34H36ClN3O6S. The summed E-state index contributed by atoms with van der Waals surface area (Å²) in [5.41, 5.74) is 2.63. The lowest BCUT2D eigenvalue weighted by Crippen LogP contribution is -2.53. The molecule has 0 aromatic heterocycles. The summed E-state index contributed by atoms with van der Waals surface area (Å²) in [6.45, 7) is 1.26. The van der Waals surface area contributed by atoms with E-state index in [1.165, 1.54) is 44.4 Å². The zero-order valence-corrected chi connectivity index (χ0v) is 27.1. The molecule has 1 N–H and O–H groups in total. The van der Waals surface area contributed by atoms with Gasteiger partial charge in [-0.3, -0.25) is 13.9 Å². The maximum absolute atomic E-state index is 14.4. The molecule has 0 aliphatic heterocycles. The Morgan fingerprint density at radius 1 is 0.867 bits per heavy atom. The van der Waals surface area contributed by atoms with Crippen molar-refractivity contribution in [2.45, 2.75) is 30.8 Å². The molecule has 2 amide bonds. The van der Waals surface area contributed by atoms with Gasteiger partial charge in [0.2, 0.25) is 11.8 Å². The fraction of sp³-hybridized carbons (Fsp3) is 0.235. The predicted molar refractivity (Wildman–Crippen MR) is 175 cm³/mol. The molecule has 0 radical (unpaired) electrons. The lowest BCUT2D eigenvalue weighted by atomic mass is 10.0. The van der Waals surface area contributed by atoms with Crippen LogP contribution in [0.5, 0.6) is 11.5 Å². The van der Waals surface area contributed by atoms with Crippen LogP contribution in [-0.4, -0.2) is 59.0 Å². The van der Waals surface area contributed by atoms with Crippen molar-refractivity contribution in [3.8, 4) is 11.5 Å². The molecule has 0 heterocycles. The number of carbonyl (C=O) groups is 2. The zero-order chi connectivity index (χ0) is 32.6. The molecule has 4 aromatic rings. The van der Waals surface area contributed by atoms with Crippen LogP contribution >= 0.6 is 11.6 Å². The number of hydrogen-bond acceptors (Lipinski definition) is 6. The molecule has 4 aromatic carbocycles. The average molecular weight is 650 g/mol. The van der Waals surface area contributed by atoms with E-state index in [9.17, 15) is 18.0 Å². The van der Waals surface area contributed by atoms with Gasteiger partial charge in [0.1, 0.15) is 12.6 Å². The summed E-state index contributed by atoms with van der Waals surface area (Å²) in [6.07, 6.45) is 0.198. The van der Waals surface area contributed by atoms with E-state index in [0.29, 0.717) is 16.3 Å². The summed E-state index contributed by atoms with van der Waals surface area (Å²) < 4.78 is 40.2. The third kappa shape index (κ3) is 7.95. The number of likely N-dealkylation sites (N-methyl/N-ethyl adjacent to an activating group) is 1. The largest absolute Gasteiger partial charge is 0.493 e. The van der Waals surface area contributed by atoms with Crippen molar-refractivity contribution in [2.24, 2.45) is 0 Å². The average Bonchev–Trinajstić information content (AvgIpc) is 3.06. The van der Waals surface area contributed by atoms with Crippen LogP contribution in [0.4, 0.5) is 5.69 Å². The van der Waals surface area contributed by atoms with Gasteiger partial charge < -0.3 is 19.7 Å². The van der Waals surface area contributed by atoms with E-state index in [4.69, 9.17) is 21.1 Å². The van der Waals surface area contributed by atoms with Gasteiger partial charge >= 0.3 is 0 Å². The number of benzene rings is 4. The van der Waals surface area contributed by atoms with Crippen molar-refractivity contribution in [3.63, 3.8) is 0 Å². The highest BCUT2D eigenvalue weighted by molar-refractivity contribution is 7.92. The monoisotopic (exact) mass is 649 g/mol. The number of anilines is 1. The molecule has 11 heteroatoms. The third-order valence-corrected chi connectivity index (χ3v) is 9.50. The first-order valence-electron chi connectivity index (χ1n) is 14.2. The Hall–Kier alpha value is -4.54. The van der Waals surface area contributed by atoms with Crippen LogP contribution < -0.4 is 19.1 Å². The highest BCUT2D eigenvalue weighted by Gasteiger charge is 2.35. The van der Waals surface area contributed by atoms with Gasteiger partial charge in [-0.15, -0.1) is 0 Å². The number of methoxy groups -OCH3 is 2. The molecule has 9 nitrogen and oxygen atoms in total. The number of aryl methyl sites for hydroxylation is 1. The van der Waals surface area contributed by atoms with Crippen LogP contribution in [0, 0.1) is 6.92 Å². The molecule has 0 aliphatic carbocycles. The van der Waals surface area contributed by atoms with Crippen molar-refractivity contribution < 1.29 is 27.5 Å². The topological polar surface area (TPSA) is 105 Å². The molecular weight excluding hydrogens is 614 g/mol. The summed E-state index contributed by atoms with van der Waals surface area (Å²) in [7, 11) is 0.0418. The number of ether oxygens (including phenoxy) is 2. The molecule has 0 fully saturated rings. The second-order valence-electron chi connectivity index (χ2n) is 10.3. The molecule has 236 valence electrons. The number of nitrogens with one attached hydrogen (secondary N) is 1. The molecule has 0 bridgehead atoms. The van der Waals surface area contributed by atoms with Crippen LogP contribution in [0.1, 0.15) is 16.7 Å². The van der Waals surface area contributed by atoms with Crippen LogP contribution in [0.15, 0.2) is 102 Å². The minimum Gasteiger partial charge on any atom is -0.493 e. The molecule has 0 aliphatic rings. The fourth-order valence-electron chi connectivity index (χ4n) is 4.87. The van der Waals surface area contributed by atoms with Gasteiger partial charge in [0.05, 0.1) is 24.8 Å². The minimum atomic E-state index is -4.32. The van der Waals surface area contributed by atoms with Crippen molar-refractivity contribution >= 4 is 39.1 Å². The standard InChI is InChI=1S/C34H36ClN3O6S/c1-24-14-16-27(17-15-24)38(45(41,42)28-18-19-31(43-3)32(21-28)44-4)23-33(39)37(22-26-12-8-9-13-29(26)35)30(34(40)36-2)20-25-10-6-5-7-11-25/h5-19,21,30H,20,22-23H2,1-4H3,(H,36,40)/t30-/m0/s1. The van der Waals surface area contributed by atoms with Crippen molar-refractivity contribution in [1.29, 1.82) is 0 Å². The summed E-state index contributed by atoms with van der Waals surface area (Å²) in [4.78, 5) is 29.1. The normalized spacial score (nSPS) is 11.8. The zero-order valence-electron chi connectivity index (χ0n) is 25.6. The molecule has 1 atom stereocenters. The molecule has 4 rings (SSSR count). The Morgan fingerprint density at radius 3 is 2.13 bits per heavy atom. The maximum Gasteiger partial charge on any atom is 0.264 e. The Labute approximate surface area is 269 Å². The smallest absolute Gasteiger partial charge is 0.264 e. The van der Waals surface area contributed by atoms with Crippen LogP contribution in [0.25, 0.3) is 0 Å². The van der Waals surface area contributed by atoms with Crippen molar-refractivity contribution in [2.75, 3.05) is 32.1 Å². The van der Waals surface area contributed by atoms with Gasteiger partial charge in [-0.1, -0.05) is 77.8 Å². The molecule has 45 heavy (non-hydrogen) atoms. The van der Waals surface area contributed by atoms with E-state index in [1.807, 2.05) is 37.3 Å². The van der Waals surface area contributed by atoms with Gasteiger partial charge in [-0.25, -0.2) is 8.42 Å². The summed E-state index contributed by atoms with van der Waals surface area (Å²) >= 11 is 6.51. The first-order chi connectivity index (χ1) is 21.6. The van der Waals surface area contributed by atoms with Crippen molar-refractivity contribution in [1.82, 2.24) is 10.2 Å². The number of sulfonamides is 1. The first kappa shape index (κ1) is 33.4. The van der Waals surface area contributed by atoms with Crippen LogP contribution in [0.3, 0.4) is 0 Å². The Bertz CT molecular complexity index is 1730. The van der Waals surface area contributed by atoms with Gasteiger partial charge in [-0.2, -0.15) is 0 Å². The van der Waals surface area contributed by atoms with E-state index in [0.717, 1.165) is 15.4 Å². The molecule has 0 unspecified atom stereocenters. The highest BCUT2D eigenvalue weighted by Crippen LogP contribution is 2.32. The van der Waals surface area contributed by atoms with Gasteiger partial charge in [0, 0.05) is 31.1 Å². The first-order valence-corrected chi connectivity index (χ1v) is 16.0. The number of hydrogen-bond donors (Lipinski definition) is 1. The maximum atomic E-state index is 14.4. The van der Waals surface area contributed by atoms with Crippen LogP contribution in [0.2, 0.25) is 5.02 Å². The van der Waals surface area contributed by atoms with Gasteiger partial charge in [0.15, 0.2) is 11.5 Å². The van der Waals surface area contributed by atoms with Gasteiger partial charge in [0.25, 0.3) is 10.0 Å². The minimum absolute atomic E-state index is 0.0262.